The Morgan fingerprint density at radius 2 is 0.875 bits per heavy atom. The number of para-hydroxylation sites is 2. The lowest BCUT2D eigenvalue weighted by Crippen LogP contribution is -2.00. The monoisotopic (exact) mass is 719 g/mol. The lowest BCUT2D eigenvalue weighted by atomic mass is 10.0. The maximum atomic E-state index is 6.26. The molecule has 0 spiro atoms. The molecule has 4 aromatic heterocycles. The summed E-state index contributed by atoms with van der Waals surface area (Å²) in [6.07, 6.45) is 0. The van der Waals surface area contributed by atoms with Crippen LogP contribution < -0.4 is 0 Å². The highest BCUT2D eigenvalue weighted by molar-refractivity contribution is 6.06. The van der Waals surface area contributed by atoms with E-state index in [2.05, 4.69) is 71.1 Å². The first-order valence-corrected chi connectivity index (χ1v) is 18.4. The Kier molecular flexibility index (Phi) is 7.31. The maximum absolute atomic E-state index is 6.26. The smallest absolute Gasteiger partial charge is 0.172 e. The lowest BCUT2D eigenvalue weighted by Gasteiger charge is -2.12. The van der Waals surface area contributed by atoms with Crippen LogP contribution in [0.1, 0.15) is 0 Å². The van der Waals surface area contributed by atoms with E-state index in [1.165, 1.54) is 0 Å². The number of furan rings is 1. The van der Waals surface area contributed by atoms with Gasteiger partial charge in [-0.2, -0.15) is 0 Å². The second-order valence-electron chi connectivity index (χ2n) is 13.6. The molecule has 0 atom stereocenters. The molecule has 0 aliphatic rings. The largest absolute Gasteiger partial charge is 0.456 e. The summed E-state index contributed by atoms with van der Waals surface area (Å²) in [6, 6.07) is 59.2. The summed E-state index contributed by atoms with van der Waals surface area (Å²) >= 11 is 0. The van der Waals surface area contributed by atoms with Crippen LogP contribution in [0.25, 0.3) is 107 Å². The van der Waals surface area contributed by atoms with Gasteiger partial charge in [-0.1, -0.05) is 140 Å². The van der Waals surface area contributed by atoms with Crippen LogP contribution in [0.4, 0.5) is 0 Å². The van der Waals surface area contributed by atoms with Crippen molar-refractivity contribution in [3.05, 3.63) is 176 Å². The third-order valence-corrected chi connectivity index (χ3v) is 10.2. The van der Waals surface area contributed by atoms with Crippen molar-refractivity contribution >= 4 is 38.5 Å². The maximum Gasteiger partial charge on any atom is 0.172 e. The zero-order valence-corrected chi connectivity index (χ0v) is 29.8. The van der Waals surface area contributed by atoms with Crippen molar-refractivity contribution in [2.75, 3.05) is 0 Å². The highest BCUT2D eigenvalue weighted by Gasteiger charge is 2.20. The topological polar surface area (TPSA) is 94.9 Å². The molecule has 0 radical (unpaired) electrons. The van der Waals surface area contributed by atoms with E-state index in [0.29, 0.717) is 23.3 Å². The van der Waals surface area contributed by atoms with Gasteiger partial charge in [-0.25, -0.2) is 19.9 Å². The van der Waals surface area contributed by atoms with Gasteiger partial charge in [0.25, 0.3) is 0 Å². The normalized spacial score (nSPS) is 11.6. The molecular weight excluding hydrogens is 691 g/mol. The molecular formula is C48H29N7O. The minimum atomic E-state index is 0.613. The van der Waals surface area contributed by atoms with Crippen LogP contribution in [0.3, 0.4) is 0 Å². The van der Waals surface area contributed by atoms with E-state index in [-0.39, 0.29) is 0 Å². The Bertz CT molecular complexity index is 3190. The summed E-state index contributed by atoms with van der Waals surface area (Å²) in [5.74, 6) is 3.31. The predicted molar refractivity (Wildman–Crippen MR) is 222 cm³/mol. The van der Waals surface area contributed by atoms with Crippen molar-refractivity contribution in [1.29, 1.82) is 0 Å². The van der Waals surface area contributed by atoms with Crippen LogP contribution >= 0.6 is 0 Å². The molecule has 56 heavy (non-hydrogen) atoms. The third-order valence-electron chi connectivity index (χ3n) is 10.2. The number of hydrogen-bond donors (Lipinski definition) is 0. The van der Waals surface area contributed by atoms with Crippen LogP contribution in [0.5, 0.6) is 0 Å². The van der Waals surface area contributed by atoms with E-state index < -0.39 is 0 Å². The number of hydrogen-bond acceptors (Lipinski definition) is 7. The van der Waals surface area contributed by atoms with Crippen LogP contribution in [0.2, 0.25) is 0 Å². The van der Waals surface area contributed by atoms with E-state index in [0.717, 1.165) is 83.3 Å². The van der Waals surface area contributed by atoms with Gasteiger partial charge in [-0.3, -0.25) is 4.40 Å². The Morgan fingerprint density at radius 3 is 1.61 bits per heavy atom. The molecule has 0 N–H and O–H groups in total. The molecule has 8 heteroatoms. The number of rotatable bonds is 6. The van der Waals surface area contributed by atoms with Crippen molar-refractivity contribution < 1.29 is 4.42 Å². The van der Waals surface area contributed by atoms with Crippen molar-refractivity contribution in [1.82, 2.24) is 34.5 Å². The first kappa shape index (κ1) is 31.7. The second-order valence-corrected chi connectivity index (χ2v) is 13.6. The van der Waals surface area contributed by atoms with E-state index in [4.69, 9.17) is 34.6 Å². The molecule has 11 aromatic rings. The van der Waals surface area contributed by atoms with Gasteiger partial charge in [0.1, 0.15) is 17.0 Å². The molecule has 7 aromatic carbocycles. The summed E-state index contributed by atoms with van der Waals surface area (Å²) < 4.78 is 8.32. The molecule has 0 unspecified atom stereocenters. The molecule has 0 saturated carbocycles. The van der Waals surface area contributed by atoms with Gasteiger partial charge < -0.3 is 4.42 Å². The van der Waals surface area contributed by atoms with Crippen LogP contribution in [-0.4, -0.2) is 34.5 Å². The Balaban J connectivity index is 1.00. The molecule has 0 amide bonds. The summed E-state index contributed by atoms with van der Waals surface area (Å²) in [6.45, 7) is 0. The average molecular weight is 720 g/mol. The summed E-state index contributed by atoms with van der Waals surface area (Å²) in [7, 11) is 0. The fourth-order valence-electron chi connectivity index (χ4n) is 7.42. The molecule has 8 nitrogen and oxygen atoms in total. The van der Waals surface area contributed by atoms with Gasteiger partial charge in [0.2, 0.25) is 0 Å². The molecule has 0 bridgehead atoms. The number of nitrogens with zero attached hydrogens (tertiary/aromatic N) is 7. The van der Waals surface area contributed by atoms with Gasteiger partial charge >= 0.3 is 0 Å². The minimum absolute atomic E-state index is 0.613. The Hall–Kier alpha value is -7.84. The van der Waals surface area contributed by atoms with Crippen molar-refractivity contribution in [2.45, 2.75) is 0 Å². The fraction of sp³-hybridized carbons (Fsp3) is 0. The molecule has 0 saturated heterocycles. The number of aromatic nitrogens is 7. The molecule has 262 valence electrons. The molecule has 11 rings (SSSR count). The van der Waals surface area contributed by atoms with E-state index >= 15 is 0 Å². The molecule has 0 aliphatic carbocycles. The lowest BCUT2D eigenvalue weighted by molar-refractivity contribution is 0.669. The number of fused-ring (bicyclic) bond motifs is 6. The highest BCUT2D eigenvalue weighted by atomic mass is 16.3. The van der Waals surface area contributed by atoms with Crippen molar-refractivity contribution in [3.8, 4) is 68.1 Å². The summed E-state index contributed by atoms with van der Waals surface area (Å²) in [4.78, 5) is 19.9. The summed E-state index contributed by atoms with van der Waals surface area (Å²) in [5.41, 5.74) is 9.92. The first-order valence-electron chi connectivity index (χ1n) is 18.4. The zero-order valence-electron chi connectivity index (χ0n) is 29.8. The van der Waals surface area contributed by atoms with Gasteiger partial charge in [0.05, 0.1) is 5.52 Å². The second kappa shape index (κ2) is 12.9. The minimum Gasteiger partial charge on any atom is -0.456 e. The van der Waals surface area contributed by atoms with Crippen LogP contribution in [0, 0.1) is 0 Å². The third kappa shape index (κ3) is 5.39. The van der Waals surface area contributed by atoms with Gasteiger partial charge in [0, 0.05) is 44.0 Å². The summed E-state index contributed by atoms with van der Waals surface area (Å²) in [5, 5.41) is 12.5. The Labute approximate surface area is 320 Å². The fourth-order valence-corrected chi connectivity index (χ4v) is 7.42. The van der Waals surface area contributed by atoms with Gasteiger partial charge in [-0.15, -0.1) is 10.2 Å². The zero-order chi connectivity index (χ0) is 37.0. The Morgan fingerprint density at radius 1 is 0.339 bits per heavy atom. The van der Waals surface area contributed by atoms with Gasteiger partial charge in [0.15, 0.2) is 28.9 Å². The highest BCUT2D eigenvalue weighted by Crippen LogP contribution is 2.35. The molecule has 0 fully saturated rings. The quantitative estimate of drug-likeness (QED) is 0.169. The standard InChI is InChI=1S/C48H29N7O/c1-3-12-31(13-4-1)43-50-44(32-14-5-2-6-15-32)52-45(51-43)33-24-22-30(23-25-33)34-16-11-17-35(28-34)46-49-40-20-9-7-19-39(40)48-54-53-47(55(46)48)36-26-27-38-37-18-8-10-21-41(37)56-42(38)29-36/h1-29H. The first-order chi connectivity index (χ1) is 27.7. The van der Waals surface area contributed by atoms with Crippen LogP contribution in [0.15, 0.2) is 180 Å². The average Bonchev–Trinajstić information content (AvgIpc) is 3.89. The van der Waals surface area contributed by atoms with Crippen LogP contribution in [-0.2, 0) is 0 Å². The number of benzene rings is 7. The predicted octanol–water partition coefficient (Wildman–Crippen LogP) is 11.4. The molecule has 0 aliphatic heterocycles. The SMILES string of the molecule is c1ccc(-c2nc(-c3ccccc3)nc(-c3ccc(-c4cccc(-c5nc6ccccc6c6nnc(-c7ccc8c(c7)oc7ccccc78)n56)c4)cc3)n2)cc1. The van der Waals surface area contributed by atoms with Gasteiger partial charge in [-0.05, 0) is 47.5 Å². The van der Waals surface area contributed by atoms with Crippen molar-refractivity contribution in [3.63, 3.8) is 0 Å². The molecule has 4 heterocycles. The van der Waals surface area contributed by atoms with E-state index in [9.17, 15) is 0 Å². The van der Waals surface area contributed by atoms with E-state index in [1.54, 1.807) is 0 Å². The van der Waals surface area contributed by atoms with E-state index in [1.807, 2.05) is 109 Å². The van der Waals surface area contributed by atoms with Crippen molar-refractivity contribution in [2.24, 2.45) is 0 Å².